The third-order valence-corrected chi connectivity index (χ3v) is 2.87. The van der Waals surface area contributed by atoms with Crippen LogP contribution in [0.4, 0.5) is 0 Å². The van der Waals surface area contributed by atoms with E-state index in [-0.39, 0.29) is 5.78 Å². The molecule has 1 atom stereocenters. The third-order valence-electron chi connectivity index (χ3n) is 1.95. The minimum atomic E-state index is -0.694. The zero-order valence-corrected chi connectivity index (χ0v) is 10.3. The van der Waals surface area contributed by atoms with Crippen molar-refractivity contribution in [1.29, 1.82) is 0 Å². The van der Waals surface area contributed by atoms with Gasteiger partial charge in [0.25, 0.3) is 0 Å². The third kappa shape index (κ3) is 2.89. The quantitative estimate of drug-likeness (QED) is 0.650. The smallest absolute Gasteiger partial charge is 0.152 e. The van der Waals surface area contributed by atoms with Crippen LogP contribution < -0.4 is 4.74 Å². The van der Waals surface area contributed by atoms with Gasteiger partial charge in [0.2, 0.25) is 0 Å². The van der Waals surface area contributed by atoms with E-state index in [0.717, 1.165) is 0 Å². The van der Waals surface area contributed by atoms with Crippen LogP contribution in [0.3, 0.4) is 0 Å². The lowest BCUT2D eigenvalue weighted by Crippen LogP contribution is -2.06. The molecule has 1 rings (SSSR count). The van der Waals surface area contributed by atoms with Crippen LogP contribution in [0.1, 0.15) is 24.8 Å². The zero-order chi connectivity index (χ0) is 11.4. The average molecular weight is 245 g/mol. The second-order valence-electron chi connectivity index (χ2n) is 3.10. The monoisotopic (exact) mass is 244 g/mol. The van der Waals surface area contributed by atoms with Crippen LogP contribution in [0.25, 0.3) is 0 Å². The molecule has 1 aromatic carbocycles. The number of rotatable bonds is 4. The topological polar surface area (TPSA) is 26.3 Å². The maximum absolute atomic E-state index is 11.2. The molecule has 4 heteroatoms. The Morgan fingerprint density at radius 2 is 2.27 bits per heavy atom. The van der Waals surface area contributed by atoms with E-state index in [9.17, 15) is 4.79 Å². The summed E-state index contributed by atoms with van der Waals surface area (Å²) in [6.07, 6.45) is 0. The van der Waals surface area contributed by atoms with Gasteiger partial charge in [-0.15, -0.1) is 24.2 Å². The first-order valence-electron chi connectivity index (χ1n) is 4.67. The number of thiol groups is 1. The van der Waals surface area contributed by atoms with E-state index < -0.39 is 5.38 Å². The van der Waals surface area contributed by atoms with Crippen molar-refractivity contribution in [1.82, 2.24) is 0 Å². The summed E-state index contributed by atoms with van der Waals surface area (Å²) in [5.74, 6) is 0.513. The molecule has 0 fully saturated rings. The molecule has 0 N–H and O–H groups in total. The second kappa shape index (κ2) is 5.42. The van der Waals surface area contributed by atoms with E-state index in [1.165, 1.54) is 6.92 Å². The number of hydrogen-bond acceptors (Lipinski definition) is 3. The Labute approximate surface area is 100.0 Å². The molecule has 1 aromatic rings. The van der Waals surface area contributed by atoms with E-state index in [2.05, 4.69) is 12.6 Å². The Bertz CT molecular complexity index is 366. The molecule has 0 radical (unpaired) electrons. The van der Waals surface area contributed by atoms with Gasteiger partial charge in [-0.05, 0) is 26.0 Å². The fourth-order valence-corrected chi connectivity index (χ4v) is 1.90. The molecule has 0 saturated carbocycles. The highest BCUT2D eigenvalue weighted by atomic mass is 35.5. The van der Waals surface area contributed by atoms with Crippen LogP contribution in [-0.4, -0.2) is 12.4 Å². The number of hydrogen-bond donors (Lipinski definition) is 1. The number of ketones is 1. The molecule has 2 nitrogen and oxygen atoms in total. The van der Waals surface area contributed by atoms with Gasteiger partial charge in [-0.1, -0.05) is 6.07 Å². The fraction of sp³-hybridized carbons (Fsp3) is 0.364. The first kappa shape index (κ1) is 12.4. The molecule has 1 unspecified atom stereocenters. The predicted octanol–water partition coefficient (Wildman–Crippen LogP) is 3.24. The molecular formula is C11H13ClO2S. The summed E-state index contributed by atoms with van der Waals surface area (Å²) in [5.41, 5.74) is 0.650. The minimum Gasteiger partial charge on any atom is -0.493 e. The lowest BCUT2D eigenvalue weighted by atomic mass is 10.1. The van der Waals surface area contributed by atoms with Gasteiger partial charge in [0.1, 0.15) is 11.1 Å². The van der Waals surface area contributed by atoms with Crippen molar-refractivity contribution in [3.05, 3.63) is 23.8 Å². The Morgan fingerprint density at radius 3 is 2.80 bits per heavy atom. The molecular weight excluding hydrogens is 232 g/mol. The number of alkyl halides is 1. The van der Waals surface area contributed by atoms with Crippen molar-refractivity contribution < 1.29 is 9.53 Å². The van der Waals surface area contributed by atoms with Crippen LogP contribution in [0.5, 0.6) is 5.75 Å². The summed E-state index contributed by atoms with van der Waals surface area (Å²) in [4.78, 5) is 11.9. The molecule has 0 spiro atoms. The molecule has 0 aromatic heterocycles. The predicted molar refractivity (Wildman–Crippen MR) is 64.1 cm³/mol. The summed E-state index contributed by atoms with van der Waals surface area (Å²) in [5, 5.41) is -0.694. The SMILES string of the molecule is CCOc1cccc(S)c1C(Cl)C(C)=O. The molecule has 0 aliphatic rings. The van der Waals surface area contributed by atoms with Gasteiger partial charge in [0, 0.05) is 10.5 Å². The minimum absolute atomic E-state index is 0.112. The summed E-state index contributed by atoms with van der Waals surface area (Å²) < 4.78 is 5.40. The molecule has 0 bridgehead atoms. The average Bonchev–Trinajstić information content (AvgIpc) is 2.17. The Morgan fingerprint density at radius 1 is 1.60 bits per heavy atom. The highest BCUT2D eigenvalue weighted by Crippen LogP contribution is 2.35. The lowest BCUT2D eigenvalue weighted by Gasteiger charge is -2.14. The molecule has 0 amide bonds. The maximum Gasteiger partial charge on any atom is 0.152 e. The van der Waals surface area contributed by atoms with Gasteiger partial charge in [0.15, 0.2) is 5.78 Å². The van der Waals surface area contributed by atoms with E-state index in [1.807, 2.05) is 13.0 Å². The van der Waals surface area contributed by atoms with Crippen LogP contribution in [-0.2, 0) is 4.79 Å². The van der Waals surface area contributed by atoms with Gasteiger partial charge in [-0.3, -0.25) is 4.79 Å². The summed E-state index contributed by atoms with van der Waals surface area (Å²) in [6.45, 7) is 3.87. The van der Waals surface area contributed by atoms with Crippen molar-refractivity contribution in [3.8, 4) is 5.75 Å². The normalized spacial score (nSPS) is 12.3. The van der Waals surface area contributed by atoms with Crippen LogP contribution in [0.15, 0.2) is 23.1 Å². The highest BCUT2D eigenvalue weighted by Gasteiger charge is 2.20. The van der Waals surface area contributed by atoms with E-state index >= 15 is 0 Å². The molecule has 0 aliphatic heterocycles. The van der Waals surface area contributed by atoms with E-state index in [0.29, 0.717) is 22.8 Å². The van der Waals surface area contributed by atoms with Crippen molar-refractivity contribution in [2.24, 2.45) is 0 Å². The van der Waals surface area contributed by atoms with Crippen LogP contribution >= 0.6 is 24.2 Å². The van der Waals surface area contributed by atoms with Crippen LogP contribution in [0.2, 0.25) is 0 Å². The van der Waals surface area contributed by atoms with Gasteiger partial charge in [0.05, 0.1) is 6.61 Å². The van der Waals surface area contributed by atoms with E-state index in [4.69, 9.17) is 16.3 Å². The summed E-state index contributed by atoms with van der Waals surface area (Å²) in [7, 11) is 0. The summed E-state index contributed by atoms with van der Waals surface area (Å²) >= 11 is 10.3. The molecule has 0 heterocycles. The number of carbonyl (C=O) groups excluding carboxylic acids is 1. The fourth-order valence-electron chi connectivity index (χ4n) is 1.27. The molecule has 15 heavy (non-hydrogen) atoms. The first-order valence-corrected chi connectivity index (χ1v) is 5.55. The number of halogens is 1. The van der Waals surface area contributed by atoms with Crippen LogP contribution in [0, 0.1) is 0 Å². The number of Topliss-reactive ketones (excluding diaryl/α,β-unsaturated/α-hetero) is 1. The van der Waals surface area contributed by atoms with Gasteiger partial charge in [-0.2, -0.15) is 0 Å². The van der Waals surface area contributed by atoms with Crippen molar-refractivity contribution in [3.63, 3.8) is 0 Å². The van der Waals surface area contributed by atoms with Gasteiger partial charge < -0.3 is 4.74 Å². The molecule has 82 valence electrons. The summed E-state index contributed by atoms with van der Waals surface area (Å²) in [6, 6.07) is 5.40. The first-order chi connectivity index (χ1) is 7.07. The number of ether oxygens (including phenoxy) is 1. The van der Waals surface area contributed by atoms with Crippen molar-refractivity contribution in [2.45, 2.75) is 24.1 Å². The van der Waals surface area contributed by atoms with Gasteiger partial charge >= 0.3 is 0 Å². The lowest BCUT2D eigenvalue weighted by molar-refractivity contribution is -0.116. The zero-order valence-electron chi connectivity index (χ0n) is 8.66. The number of benzene rings is 1. The van der Waals surface area contributed by atoms with Crippen molar-refractivity contribution >= 4 is 30.0 Å². The van der Waals surface area contributed by atoms with Crippen molar-refractivity contribution in [2.75, 3.05) is 6.61 Å². The Kier molecular flexibility index (Phi) is 4.48. The maximum atomic E-state index is 11.2. The Balaban J connectivity index is 3.17. The molecule has 0 saturated heterocycles. The number of carbonyl (C=O) groups is 1. The Hall–Kier alpha value is -0.670. The largest absolute Gasteiger partial charge is 0.493 e. The van der Waals surface area contributed by atoms with E-state index in [1.54, 1.807) is 12.1 Å². The highest BCUT2D eigenvalue weighted by molar-refractivity contribution is 7.80. The standard InChI is InChI=1S/C11H13ClO2S/c1-3-14-8-5-4-6-9(15)10(8)11(12)7(2)13/h4-6,11,15H,3H2,1-2H3. The molecule has 0 aliphatic carbocycles. The van der Waals surface area contributed by atoms with Gasteiger partial charge in [-0.25, -0.2) is 0 Å². The second-order valence-corrected chi connectivity index (χ2v) is 4.01.